The molecule has 0 unspecified atom stereocenters. The Balaban J connectivity index is 2.10. The Morgan fingerprint density at radius 1 is 1.19 bits per heavy atom. The highest BCUT2D eigenvalue weighted by Crippen LogP contribution is 2.36. The zero-order chi connectivity index (χ0) is 19.7. The van der Waals surface area contributed by atoms with Crippen LogP contribution in [0.2, 0.25) is 0 Å². The maximum atomic E-state index is 13.3. The molecule has 2 heterocycles. The van der Waals surface area contributed by atoms with E-state index in [1.54, 1.807) is 10.7 Å². The number of rotatable bonds is 5. The molecule has 0 aliphatic carbocycles. The van der Waals surface area contributed by atoms with Crippen LogP contribution < -0.4 is 0 Å². The van der Waals surface area contributed by atoms with Crippen LogP contribution in [0.4, 0.5) is 13.2 Å². The van der Waals surface area contributed by atoms with Crippen molar-refractivity contribution in [3.8, 4) is 0 Å². The molecule has 1 aliphatic heterocycles. The van der Waals surface area contributed by atoms with Gasteiger partial charge in [-0.05, 0) is 48.4 Å². The molecule has 1 fully saturated rings. The van der Waals surface area contributed by atoms with Gasteiger partial charge in [-0.15, -0.1) is 5.10 Å². The fourth-order valence-corrected chi connectivity index (χ4v) is 4.12. The average Bonchev–Trinajstić information content (AvgIpc) is 3.13. The van der Waals surface area contributed by atoms with Crippen molar-refractivity contribution in [2.45, 2.75) is 44.9 Å². The minimum atomic E-state index is -4.38. The van der Waals surface area contributed by atoms with Gasteiger partial charge in [0.2, 0.25) is 0 Å². The van der Waals surface area contributed by atoms with Crippen molar-refractivity contribution in [1.29, 1.82) is 0 Å². The predicted molar refractivity (Wildman–Crippen MR) is 99.6 cm³/mol. The van der Waals surface area contributed by atoms with Crippen LogP contribution in [0.3, 0.4) is 0 Å². The van der Waals surface area contributed by atoms with Crippen molar-refractivity contribution in [1.82, 2.24) is 25.1 Å². The lowest BCUT2D eigenvalue weighted by Gasteiger charge is -2.35. The second-order valence-electron chi connectivity index (χ2n) is 7.29. The lowest BCUT2D eigenvalue weighted by molar-refractivity contribution is -0.137. The Morgan fingerprint density at radius 2 is 1.89 bits per heavy atom. The first-order valence-corrected chi connectivity index (χ1v) is 10.2. The molecule has 2 aromatic rings. The third-order valence-electron chi connectivity index (χ3n) is 5.12. The van der Waals surface area contributed by atoms with E-state index in [1.165, 1.54) is 12.1 Å². The van der Waals surface area contributed by atoms with Crippen LogP contribution in [-0.2, 0) is 11.7 Å². The summed E-state index contributed by atoms with van der Waals surface area (Å²) in [5.41, 5.74) is -0.409. The van der Waals surface area contributed by atoms with Gasteiger partial charge in [0.05, 0.1) is 17.1 Å². The quantitative estimate of drug-likeness (QED) is 0.761. The van der Waals surface area contributed by atoms with Gasteiger partial charge in [-0.1, -0.05) is 19.1 Å². The van der Waals surface area contributed by atoms with Crippen molar-refractivity contribution < 1.29 is 13.2 Å². The predicted octanol–water partition coefficient (Wildman–Crippen LogP) is 3.98. The van der Waals surface area contributed by atoms with Crippen molar-refractivity contribution >= 4 is 11.8 Å². The first-order valence-electron chi connectivity index (χ1n) is 9.02. The zero-order valence-corrected chi connectivity index (χ0v) is 16.5. The first-order chi connectivity index (χ1) is 12.7. The smallest absolute Gasteiger partial charge is 0.288 e. The van der Waals surface area contributed by atoms with Crippen LogP contribution in [0.15, 0.2) is 24.3 Å². The average molecular weight is 399 g/mol. The molecular weight excluding hydrogens is 375 g/mol. The molecule has 148 valence electrons. The molecule has 1 saturated heterocycles. The van der Waals surface area contributed by atoms with E-state index in [0.29, 0.717) is 11.4 Å². The first kappa shape index (κ1) is 20.1. The summed E-state index contributed by atoms with van der Waals surface area (Å²) in [6.07, 6.45) is -3.58. The molecule has 3 rings (SSSR count). The Bertz CT molecular complexity index is 768. The number of hydrogen-bond donors (Lipinski definition) is 0. The van der Waals surface area contributed by atoms with Crippen molar-refractivity contribution in [2.24, 2.45) is 0 Å². The highest BCUT2D eigenvalue weighted by Gasteiger charge is 2.35. The summed E-state index contributed by atoms with van der Waals surface area (Å²) in [5, 5.41) is 12.3. The Morgan fingerprint density at radius 3 is 2.52 bits per heavy atom. The second-order valence-corrected chi connectivity index (χ2v) is 8.51. The topological polar surface area (TPSA) is 46.8 Å². The molecular formula is C18H24F3N5S. The van der Waals surface area contributed by atoms with Gasteiger partial charge in [-0.25, -0.2) is 4.68 Å². The Labute approximate surface area is 161 Å². The largest absolute Gasteiger partial charge is 0.416 e. The molecule has 9 heteroatoms. The molecule has 0 bridgehead atoms. The van der Waals surface area contributed by atoms with Gasteiger partial charge >= 0.3 is 6.18 Å². The second kappa shape index (κ2) is 7.79. The van der Waals surface area contributed by atoms with Gasteiger partial charge in [-0.3, -0.25) is 4.90 Å². The van der Waals surface area contributed by atoms with Crippen LogP contribution in [-0.4, -0.2) is 49.7 Å². The monoisotopic (exact) mass is 399 g/mol. The molecule has 1 aromatic carbocycles. The molecule has 0 spiro atoms. The summed E-state index contributed by atoms with van der Waals surface area (Å²) < 4.78 is 41.6. The fraction of sp³-hybridized carbons (Fsp3) is 0.611. The number of benzene rings is 1. The lowest BCUT2D eigenvalue weighted by atomic mass is 9.98. The van der Waals surface area contributed by atoms with E-state index in [9.17, 15) is 13.2 Å². The molecule has 27 heavy (non-hydrogen) atoms. The third kappa shape index (κ3) is 4.29. The maximum Gasteiger partial charge on any atom is 0.416 e. The number of aromatic nitrogens is 4. The lowest BCUT2D eigenvalue weighted by Crippen LogP contribution is -2.40. The summed E-state index contributed by atoms with van der Waals surface area (Å²) in [5.74, 6) is 2.47. The van der Waals surface area contributed by atoms with Gasteiger partial charge in [0.15, 0.2) is 5.82 Å². The molecule has 1 aromatic heterocycles. The van der Waals surface area contributed by atoms with E-state index in [0.717, 1.165) is 37.1 Å². The number of alkyl halides is 3. The van der Waals surface area contributed by atoms with Crippen molar-refractivity contribution in [3.63, 3.8) is 0 Å². The SMILES string of the molecule is CCC(C)(C)n1nnnc1[C@@H](c1cccc(C(F)(F)F)c1)N1CCSCC1. The van der Waals surface area contributed by atoms with Crippen LogP contribution in [0.25, 0.3) is 0 Å². The number of tetrazole rings is 1. The minimum Gasteiger partial charge on any atom is -0.288 e. The summed E-state index contributed by atoms with van der Waals surface area (Å²) >= 11 is 1.85. The van der Waals surface area contributed by atoms with E-state index in [4.69, 9.17) is 0 Å². The van der Waals surface area contributed by atoms with Crippen LogP contribution >= 0.6 is 11.8 Å². The zero-order valence-electron chi connectivity index (χ0n) is 15.7. The Kier molecular flexibility index (Phi) is 5.81. The molecule has 0 saturated carbocycles. The van der Waals surface area contributed by atoms with Crippen LogP contribution in [0.1, 0.15) is 50.2 Å². The van der Waals surface area contributed by atoms with E-state index in [-0.39, 0.29) is 5.54 Å². The summed E-state index contributed by atoms with van der Waals surface area (Å²) in [4.78, 5) is 2.18. The number of hydrogen-bond acceptors (Lipinski definition) is 5. The fourth-order valence-electron chi connectivity index (χ4n) is 3.19. The summed E-state index contributed by atoms with van der Waals surface area (Å²) in [7, 11) is 0. The van der Waals surface area contributed by atoms with Crippen LogP contribution in [0, 0.1) is 0 Å². The Hall–Kier alpha value is -1.61. The standard InChI is InChI=1S/C18H24F3N5S/c1-4-17(2,3)26-16(22-23-24-26)15(25-8-10-27-11-9-25)13-6-5-7-14(12-13)18(19,20)21/h5-7,12,15H,4,8-11H2,1-3H3/t15-/m1/s1. The van der Waals surface area contributed by atoms with Crippen molar-refractivity contribution in [3.05, 3.63) is 41.2 Å². The van der Waals surface area contributed by atoms with Gasteiger partial charge in [0, 0.05) is 24.6 Å². The molecule has 5 nitrogen and oxygen atoms in total. The number of thioether (sulfide) groups is 1. The number of nitrogens with zero attached hydrogens (tertiary/aromatic N) is 5. The van der Waals surface area contributed by atoms with Gasteiger partial charge in [0.25, 0.3) is 0 Å². The highest BCUT2D eigenvalue weighted by atomic mass is 32.2. The minimum absolute atomic E-state index is 0.330. The van der Waals surface area contributed by atoms with E-state index in [2.05, 4.69) is 20.4 Å². The molecule has 0 N–H and O–H groups in total. The van der Waals surface area contributed by atoms with Crippen molar-refractivity contribution in [2.75, 3.05) is 24.6 Å². The maximum absolute atomic E-state index is 13.3. The molecule has 1 atom stereocenters. The summed E-state index contributed by atoms with van der Waals surface area (Å²) in [6, 6.07) is 5.12. The number of halogens is 3. The molecule has 0 amide bonds. The van der Waals surface area contributed by atoms with E-state index >= 15 is 0 Å². The third-order valence-corrected chi connectivity index (χ3v) is 6.06. The molecule has 0 radical (unpaired) electrons. The van der Waals surface area contributed by atoms with Gasteiger partial charge < -0.3 is 0 Å². The highest BCUT2D eigenvalue weighted by molar-refractivity contribution is 7.99. The molecule has 1 aliphatic rings. The van der Waals surface area contributed by atoms with Gasteiger partial charge in [0.1, 0.15) is 0 Å². The van der Waals surface area contributed by atoms with E-state index < -0.39 is 17.8 Å². The normalized spacial score (nSPS) is 17.9. The van der Waals surface area contributed by atoms with Crippen LogP contribution in [0.5, 0.6) is 0 Å². The van der Waals surface area contributed by atoms with Gasteiger partial charge in [-0.2, -0.15) is 24.9 Å². The summed E-state index contributed by atoms with van der Waals surface area (Å²) in [6.45, 7) is 7.67. The van der Waals surface area contributed by atoms with E-state index in [1.807, 2.05) is 32.5 Å².